The van der Waals surface area contributed by atoms with Gasteiger partial charge in [0.2, 0.25) is 0 Å². The highest BCUT2D eigenvalue weighted by Crippen LogP contribution is 2.18. The van der Waals surface area contributed by atoms with Gasteiger partial charge in [-0.3, -0.25) is 4.79 Å². The molecule has 0 aliphatic heterocycles. The maximum absolute atomic E-state index is 11.2. The fourth-order valence-corrected chi connectivity index (χ4v) is 1.95. The van der Waals surface area contributed by atoms with E-state index in [1.165, 1.54) is 0 Å². The van der Waals surface area contributed by atoms with Crippen molar-refractivity contribution in [1.29, 1.82) is 0 Å². The fraction of sp³-hybridized carbons (Fsp3) is 0.611. The van der Waals surface area contributed by atoms with Crippen molar-refractivity contribution in [3.63, 3.8) is 0 Å². The molecule has 0 saturated heterocycles. The standard InChI is InChI=1S/C18H29NO3/c1-4-21-18(20)12-6-5-9-13-22-17-11-8-7-10-16(17)14-19-15(2)3/h7-8,10-11,15,19H,4-6,9,12-14H2,1-3H3/i14D. The second kappa shape index (κ2) is 11.1. The average molecular weight is 308 g/mol. The van der Waals surface area contributed by atoms with Crippen molar-refractivity contribution in [2.45, 2.75) is 59.0 Å². The molecule has 0 radical (unpaired) electrons. The van der Waals surface area contributed by atoms with E-state index in [-0.39, 0.29) is 12.0 Å². The lowest BCUT2D eigenvalue weighted by Crippen LogP contribution is -2.22. The van der Waals surface area contributed by atoms with E-state index in [9.17, 15) is 4.79 Å². The molecule has 124 valence electrons. The predicted molar refractivity (Wildman–Crippen MR) is 89.0 cm³/mol. The molecule has 22 heavy (non-hydrogen) atoms. The summed E-state index contributed by atoms with van der Waals surface area (Å²) in [5, 5.41) is 3.17. The predicted octanol–water partition coefficient (Wildman–Crippen LogP) is 3.69. The molecule has 4 heteroatoms. The van der Waals surface area contributed by atoms with E-state index in [0.717, 1.165) is 30.6 Å². The van der Waals surface area contributed by atoms with Gasteiger partial charge in [0.1, 0.15) is 5.75 Å². The van der Waals surface area contributed by atoms with Crippen molar-refractivity contribution in [2.75, 3.05) is 13.2 Å². The van der Waals surface area contributed by atoms with Gasteiger partial charge in [-0.05, 0) is 32.3 Å². The first kappa shape index (κ1) is 16.8. The fourth-order valence-electron chi connectivity index (χ4n) is 1.95. The number of ether oxygens (including phenoxy) is 2. The molecule has 1 atom stereocenters. The SMILES string of the molecule is [2H]C(NC(C)C)c1ccccc1OCCCCCC(=O)OCC. The molecule has 0 spiro atoms. The highest BCUT2D eigenvalue weighted by atomic mass is 16.5. The quantitative estimate of drug-likeness (QED) is 0.500. The monoisotopic (exact) mass is 308 g/mol. The van der Waals surface area contributed by atoms with Gasteiger partial charge >= 0.3 is 5.97 Å². The van der Waals surface area contributed by atoms with Crippen molar-refractivity contribution in [3.05, 3.63) is 29.8 Å². The Morgan fingerprint density at radius 2 is 2.05 bits per heavy atom. The number of esters is 1. The van der Waals surface area contributed by atoms with Crippen LogP contribution in [0, 0.1) is 0 Å². The van der Waals surface area contributed by atoms with Crippen LogP contribution in [0.4, 0.5) is 0 Å². The summed E-state index contributed by atoms with van der Waals surface area (Å²) < 4.78 is 18.9. The van der Waals surface area contributed by atoms with Gasteiger partial charge in [-0.2, -0.15) is 0 Å². The highest BCUT2D eigenvalue weighted by molar-refractivity contribution is 5.69. The van der Waals surface area contributed by atoms with E-state index in [0.29, 0.717) is 19.6 Å². The van der Waals surface area contributed by atoms with Crippen molar-refractivity contribution in [3.8, 4) is 5.75 Å². The zero-order valence-electron chi connectivity index (χ0n) is 14.9. The van der Waals surface area contributed by atoms with Crippen LogP contribution in [0.1, 0.15) is 53.4 Å². The second-order valence-electron chi connectivity index (χ2n) is 5.47. The maximum atomic E-state index is 11.2. The Hall–Kier alpha value is -1.55. The van der Waals surface area contributed by atoms with Crippen molar-refractivity contribution in [2.24, 2.45) is 0 Å². The molecular weight excluding hydrogens is 278 g/mol. The Kier molecular flexibility index (Phi) is 8.46. The number of carbonyl (C=O) groups excluding carboxylic acids is 1. The van der Waals surface area contributed by atoms with Gasteiger partial charge in [0.05, 0.1) is 13.2 Å². The minimum absolute atomic E-state index is 0.129. The zero-order valence-corrected chi connectivity index (χ0v) is 13.9. The Morgan fingerprint density at radius 3 is 2.77 bits per heavy atom. The Balaban J connectivity index is 2.33. The first-order valence-electron chi connectivity index (χ1n) is 8.68. The van der Waals surface area contributed by atoms with Gasteiger partial charge in [-0.1, -0.05) is 32.0 Å². The molecule has 1 aromatic carbocycles. The Morgan fingerprint density at radius 1 is 1.27 bits per heavy atom. The number of hydrogen-bond donors (Lipinski definition) is 1. The lowest BCUT2D eigenvalue weighted by molar-refractivity contribution is -0.143. The number of unbranched alkanes of at least 4 members (excludes halogenated alkanes) is 2. The van der Waals surface area contributed by atoms with Gasteiger partial charge in [0, 0.05) is 25.9 Å². The number of hydrogen-bond acceptors (Lipinski definition) is 4. The molecule has 1 aromatic rings. The van der Waals surface area contributed by atoms with Crippen LogP contribution >= 0.6 is 0 Å². The van der Waals surface area contributed by atoms with E-state index in [4.69, 9.17) is 10.8 Å². The third kappa shape index (κ3) is 8.03. The summed E-state index contributed by atoms with van der Waals surface area (Å²) in [5.41, 5.74) is 0.854. The van der Waals surface area contributed by atoms with E-state index in [2.05, 4.69) is 5.32 Å². The molecule has 0 heterocycles. The molecule has 0 saturated carbocycles. The summed E-state index contributed by atoms with van der Waals surface area (Å²) in [6.07, 6.45) is 3.10. The Labute approximate surface area is 135 Å². The normalized spacial score (nSPS) is 12.8. The van der Waals surface area contributed by atoms with Crippen LogP contribution in [0.2, 0.25) is 0 Å². The topological polar surface area (TPSA) is 47.6 Å². The number of nitrogens with one attached hydrogen (secondary N) is 1. The largest absolute Gasteiger partial charge is 0.493 e. The van der Waals surface area contributed by atoms with Gasteiger partial charge < -0.3 is 14.8 Å². The van der Waals surface area contributed by atoms with Crippen LogP contribution in [0.3, 0.4) is 0 Å². The first-order chi connectivity index (χ1) is 11.0. The molecule has 0 aromatic heterocycles. The third-order valence-corrected chi connectivity index (χ3v) is 3.08. The molecule has 1 unspecified atom stereocenters. The third-order valence-electron chi connectivity index (χ3n) is 3.08. The second-order valence-corrected chi connectivity index (χ2v) is 5.47. The summed E-state index contributed by atoms with van der Waals surface area (Å²) in [6, 6.07) is 7.90. The van der Waals surface area contributed by atoms with Crippen molar-refractivity contribution in [1.82, 2.24) is 5.32 Å². The smallest absolute Gasteiger partial charge is 0.305 e. The average Bonchev–Trinajstić information content (AvgIpc) is 2.50. The lowest BCUT2D eigenvalue weighted by Gasteiger charge is -2.13. The van der Waals surface area contributed by atoms with Gasteiger partial charge in [-0.15, -0.1) is 0 Å². The number of carbonyl (C=O) groups is 1. The van der Waals surface area contributed by atoms with Gasteiger partial charge in [0.25, 0.3) is 0 Å². The molecule has 0 aliphatic carbocycles. The maximum Gasteiger partial charge on any atom is 0.305 e. The van der Waals surface area contributed by atoms with Gasteiger partial charge in [-0.25, -0.2) is 0 Å². The lowest BCUT2D eigenvalue weighted by atomic mass is 10.2. The van der Waals surface area contributed by atoms with Crippen LogP contribution in [0.25, 0.3) is 0 Å². The summed E-state index contributed by atoms with van der Waals surface area (Å²) in [7, 11) is 0. The van der Waals surface area contributed by atoms with Crippen LogP contribution < -0.4 is 10.1 Å². The van der Waals surface area contributed by atoms with Crippen LogP contribution in [0.5, 0.6) is 5.75 Å². The minimum Gasteiger partial charge on any atom is -0.493 e. The number of para-hydroxylation sites is 1. The molecular formula is C18H29NO3. The summed E-state index contributed by atoms with van der Waals surface area (Å²) in [6.45, 7) is 6.40. The minimum atomic E-state index is -0.491. The van der Waals surface area contributed by atoms with Crippen molar-refractivity contribution < 1.29 is 15.6 Å². The van der Waals surface area contributed by atoms with Crippen LogP contribution in [-0.2, 0) is 16.1 Å². The molecule has 0 amide bonds. The Bertz CT molecular complexity index is 465. The molecule has 4 nitrogen and oxygen atoms in total. The van der Waals surface area contributed by atoms with E-state index in [1.54, 1.807) is 0 Å². The van der Waals surface area contributed by atoms with Crippen LogP contribution in [0.15, 0.2) is 24.3 Å². The molecule has 1 N–H and O–H groups in total. The number of benzene rings is 1. The first-order valence-corrected chi connectivity index (χ1v) is 8.10. The summed E-state index contributed by atoms with van der Waals surface area (Å²) >= 11 is 0. The van der Waals surface area contributed by atoms with Crippen molar-refractivity contribution >= 4 is 5.97 Å². The van der Waals surface area contributed by atoms with E-state index in [1.807, 2.05) is 45.0 Å². The van der Waals surface area contributed by atoms with Gasteiger partial charge in [0.15, 0.2) is 0 Å². The summed E-state index contributed by atoms with van der Waals surface area (Å²) in [4.78, 5) is 11.2. The van der Waals surface area contributed by atoms with Crippen LogP contribution in [-0.4, -0.2) is 25.2 Å². The highest BCUT2D eigenvalue weighted by Gasteiger charge is 2.04. The van der Waals surface area contributed by atoms with E-state index < -0.39 is 6.52 Å². The number of rotatable bonds is 11. The molecule has 0 aliphatic rings. The van der Waals surface area contributed by atoms with E-state index >= 15 is 0 Å². The summed E-state index contributed by atoms with van der Waals surface area (Å²) in [5.74, 6) is 0.626. The molecule has 1 rings (SSSR count). The molecule has 0 fully saturated rings. The zero-order chi connectivity index (χ0) is 17.1. The molecule has 0 bridgehead atoms.